The third-order valence-electron chi connectivity index (χ3n) is 2.25. The summed E-state index contributed by atoms with van der Waals surface area (Å²) >= 11 is 7.25. The maximum Gasteiger partial charge on any atom is 0.0428 e. The largest absolute Gasteiger partial charge is 0.219 e. The average molecular weight is 262 g/mol. The van der Waals surface area contributed by atoms with Gasteiger partial charge in [-0.2, -0.15) is 0 Å². The van der Waals surface area contributed by atoms with Crippen molar-refractivity contribution in [3.05, 3.63) is 64.7 Å². The first-order chi connectivity index (χ1) is 8.24. The molecule has 0 fully saturated rings. The predicted molar refractivity (Wildman–Crippen MR) is 76.1 cm³/mol. The summed E-state index contributed by atoms with van der Waals surface area (Å²) in [5.41, 5.74) is 2.37. The number of hydrogen-bond donors (Lipinski definition) is 0. The quantitative estimate of drug-likeness (QED) is 0.572. The maximum atomic E-state index is 5.81. The van der Waals surface area contributed by atoms with Gasteiger partial charge in [-0.15, -0.1) is 0 Å². The van der Waals surface area contributed by atoms with Crippen molar-refractivity contribution in [1.29, 1.82) is 0 Å². The molecule has 0 amide bonds. The van der Waals surface area contributed by atoms with Crippen LogP contribution < -0.4 is 0 Å². The lowest BCUT2D eigenvalue weighted by molar-refractivity contribution is 1.46. The summed E-state index contributed by atoms with van der Waals surface area (Å²) in [7, 11) is 0. The first kappa shape index (κ1) is 12.2. The van der Waals surface area contributed by atoms with Gasteiger partial charge < -0.3 is 0 Å². The molecule has 0 atom stereocenters. The molecule has 0 aromatic heterocycles. The van der Waals surface area contributed by atoms with Crippen molar-refractivity contribution < 1.29 is 0 Å². The number of nitrogens with zero attached hydrogens (tertiary/aromatic N) is 1. The van der Waals surface area contributed by atoms with Crippen molar-refractivity contribution in [2.45, 2.75) is 11.8 Å². The molecule has 2 aromatic carbocycles. The molecule has 0 saturated heterocycles. The minimum atomic E-state index is 0.747. The summed E-state index contributed by atoms with van der Waals surface area (Å²) in [5, 5.41) is 0.747. The molecule has 0 bridgehead atoms. The Balaban J connectivity index is 1.97. The van der Waals surface area contributed by atoms with E-state index in [-0.39, 0.29) is 0 Å². The lowest BCUT2D eigenvalue weighted by Gasteiger charge is -1.96. The SMILES string of the molecule is Cc1ccc(/C=N/Sc2ccc(Cl)cc2)cc1. The number of hydrogen-bond acceptors (Lipinski definition) is 2. The molecule has 17 heavy (non-hydrogen) atoms. The monoisotopic (exact) mass is 261 g/mol. The van der Waals surface area contributed by atoms with E-state index in [1.807, 2.05) is 30.5 Å². The molecule has 86 valence electrons. The maximum absolute atomic E-state index is 5.81. The van der Waals surface area contributed by atoms with E-state index >= 15 is 0 Å². The highest BCUT2D eigenvalue weighted by atomic mass is 35.5. The Labute approximate surface area is 111 Å². The fraction of sp³-hybridized carbons (Fsp3) is 0.0714. The second-order valence-electron chi connectivity index (χ2n) is 3.69. The first-order valence-corrected chi connectivity index (χ1v) is 6.42. The summed E-state index contributed by atoms with van der Waals surface area (Å²) in [6.07, 6.45) is 1.86. The summed E-state index contributed by atoms with van der Waals surface area (Å²) in [5.74, 6) is 0. The fourth-order valence-electron chi connectivity index (χ4n) is 1.30. The van der Waals surface area contributed by atoms with Crippen LogP contribution in [0.15, 0.2) is 57.8 Å². The van der Waals surface area contributed by atoms with Crippen molar-refractivity contribution in [1.82, 2.24) is 0 Å². The molecule has 2 aromatic rings. The highest BCUT2D eigenvalue weighted by molar-refractivity contribution is 7.98. The van der Waals surface area contributed by atoms with Gasteiger partial charge in [0.2, 0.25) is 0 Å². The van der Waals surface area contributed by atoms with Gasteiger partial charge in [-0.25, -0.2) is 4.40 Å². The van der Waals surface area contributed by atoms with Crippen LogP contribution in [0.3, 0.4) is 0 Å². The van der Waals surface area contributed by atoms with Crippen LogP contribution in [0.4, 0.5) is 0 Å². The molecule has 2 rings (SSSR count). The normalized spacial score (nSPS) is 10.9. The predicted octanol–water partition coefficient (Wildman–Crippen LogP) is 4.77. The van der Waals surface area contributed by atoms with E-state index in [1.54, 1.807) is 0 Å². The van der Waals surface area contributed by atoms with Gasteiger partial charge in [0.25, 0.3) is 0 Å². The van der Waals surface area contributed by atoms with Crippen LogP contribution in [0.5, 0.6) is 0 Å². The molecule has 1 nitrogen and oxygen atoms in total. The van der Waals surface area contributed by atoms with E-state index in [2.05, 4.69) is 35.6 Å². The molecule has 3 heteroatoms. The minimum absolute atomic E-state index is 0.747. The Hall–Kier alpha value is -1.25. The third kappa shape index (κ3) is 3.91. The van der Waals surface area contributed by atoms with E-state index in [0.29, 0.717) is 0 Å². The van der Waals surface area contributed by atoms with E-state index in [4.69, 9.17) is 11.6 Å². The van der Waals surface area contributed by atoms with E-state index in [1.165, 1.54) is 17.5 Å². The van der Waals surface area contributed by atoms with Crippen molar-refractivity contribution in [3.63, 3.8) is 0 Å². The Morgan fingerprint density at radius 1 is 1.00 bits per heavy atom. The van der Waals surface area contributed by atoms with Gasteiger partial charge in [-0.3, -0.25) is 0 Å². The molecular weight excluding hydrogens is 250 g/mol. The lowest BCUT2D eigenvalue weighted by atomic mass is 10.2. The molecule has 0 aliphatic heterocycles. The van der Waals surface area contributed by atoms with Crippen molar-refractivity contribution in [3.8, 4) is 0 Å². The number of rotatable bonds is 3. The lowest BCUT2D eigenvalue weighted by Crippen LogP contribution is -1.79. The van der Waals surface area contributed by atoms with Crippen molar-refractivity contribution in [2.24, 2.45) is 4.40 Å². The van der Waals surface area contributed by atoms with Crippen LogP contribution in [0.25, 0.3) is 0 Å². The Kier molecular flexibility index (Phi) is 4.24. The second-order valence-corrected chi connectivity index (χ2v) is 4.99. The minimum Gasteiger partial charge on any atom is -0.219 e. The van der Waals surface area contributed by atoms with Crippen molar-refractivity contribution in [2.75, 3.05) is 0 Å². The number of aryl methyl sites for hydroxylation is 1. The van der Waals surface area contributed by atoms with Crippen LogP contribution in [0, 0.1) is 6.92 Å². The van der Waals surface area contributed by atoms with E-state index in [0.717, 1.165) is 15.5 Å². The zero-order valence-corrected chi connectivity index (χ0v) is 11.0. The highest BCUT2D eigenvalue weighted by Gasteiger charge is 1.92. The Morgan fingerprint density at radius 3 is 2.29 bits per heavy atom. The molecule has 0 aliphatic carbocycles. The fourth-order valence-corrected chi connectivity index (χ4v) is 1.98. The Morgan fingerprint density at radius 2 is 1.65 bits per heavy atom. The van der Waals surface area contributed by atoms with Gasteiger partial charge >= 0.3 is 0 Å². The van der Waals surface area contributed by atoms with Crippen LogP contribution in [-0.2, 0) is 0 Å². The third-order valence-corrected chi connectivity index (χ3v) is 3.20. The molecule has 0 aliphatic rings. The molecule has 0 radical (unpaired) electrons. The topological polar surface area (TPSA) is 12.4 Å². The van der Waals surface area contributed by atoms with Gasteiger partial charge in [0.1, 0.15) is 0 Å². The molecular formula is C14H12ClNS. The van der Waals surface area contributed by atoms with Crippen LogP contribution in [0.1, 0.15) is 11.1 Å². The smallest absolute Gasteiger partial charge is 0.0428 e. The molecule has 0 spiro atoms. The van der Waals surface area contributed by atoms with Gasteiger partial charge in [-0.1, -0.05) is 41.4 Å². The van der Waals surface area contributed by atoms with Crippen LogP contribution in [-0.4, -0.2) is 6.21 Å². The zero-order chi connectivity index (χ0) is 12.1. The van der Waals surface area contributed by atoms with E-state index < -0.39 is 0 Å². The average Bonchev–Trinajstić information content (AvgIpc) is 2.34. The first-order valence-electron chi connectivity index (χ1n) is 5.27. The second kappa shape index (κ2) is 5.89. The van der Waals surface area contributed by atoms with Gasteiger partial charge in [0.15, 0.2) is 0 Å². The molecule has 0 heterocycles. The van der Waals surface area contributed by atoms with Crippen LogP contribution >= 0.6 is 23.5 Å². The standard InChI is InChI=1S/C14H12ClNS/c1-11-2-4-12(5-3-11)10-16-17-14-8-6-13(15)7-9-14/h2-10H,1H3/b16-10+. The molecule has 0 unspecified atom stereocenters. The van der Waals surface area contributed by atoms with E-state index in [9.17, 15) is 0 Å². The summed E-state index contributed by atoms with van der Waals surface area (Å²) in [4.78, 5) is 1.08. The van der Waals surface area contributed by atoms with Crippen LogP contribution in [0.2, 0.25) is 5.02 Å². The van der Waals surface area contributed by atoms with Gasteiger partial charge in [-0.05, 0) is 36.8 Å². The highest BCUT2D eigenvalue weighted by Crippen LogP contribution is 2.21. The van der Waals surface area contributed by atoms with Gasteiger partial charge in [0.05, 0.1) is 0 Å². The van der Waals surface area contributed by atoms with Gasteiger partial charge in [0, 0.05) is 28.1 Å². The Bertz CT molecular complexity index is 503. The molecule has 0 saturated carbocycles. The number of benzene rings is 2. The zero-order valence-electron chi connectivity index (χ0n) is 9.43. The molecule has 0 N–H and O–H groups in total. The number of halogens is 1. The summed E-state index contributed by atoms with van der Waals surface area (Å²) in [6.45, 7) is 2.07. The summed E-state index contributed by atoms with van der Waals surface area (Å²) < 4.78 is 4.32. The van der Waals surface area contributed by atoms with Crippen molar-refractivity contribution >= 4 is 29.8 Å². The summed E-state index contributed by atoms with van der Waals surface area (Å²) in [6, 6.07) is 15.9.